The summed E-state index contributed by atoms with van der Waals surface area (Å²) < 4.78 is 23.3. The molecular weight excluding hydrogens is 338 g/mol. The molecule has 2 aromatic rings. The Morgan fingerprint density at radius 2 is 1.94 bits per heavy atom. The number of benzene rings is 1. The van der Waals surface area contributed by atoms with Crippen molar-refractivity contribution in [1.82, 2.24) is 10.2 Å². The van der Waals surface area contributed by atoms with Crippen LogP contribution in [0.2, 0.25) is 0 Å². The second kappa shape index (κ2) is 5.33. The Kier molecular flexibility index (Phi) is 3.98. The van der Waals surface area contributed by atoms with Crippen molar-refractivity contribution in [2.45, 2.75) is 11.4 Å². The minimum absolute atomic E-state index is 0.324. The lowest BCUT2D eigenvalue weighted by Crippen LogP contribution is -2.01. The van der Waals surface area contributed by atoms with Gasteiger partial charge in [0, 0.05) is 12.8 Å². The molecule has 96 valence electrons. The number of halogens is 1. The van der Waals surface area contributed by atoms with Crippen LogP contribution in [0, 0.1) is 0 Å². The first-order chi connectivity index (χ1) is 8.45. The van der Waals surface area contributed by atoms with Crippen molar-refractivity contribution >= 4 is 42.2 Å². The maximum atomic E-state index is 11.3. The monoisotopic (exact) mass is 347 g/mol. The van der Waals surface area contributed by atoms with Gasteiger partial charge in [-0.25, -0.2) is 8.42 Å². The van der Waals surface area contributed by atoms with Crippen LogP contribution in [-0.4, -0.2) is 24.9 Å². The third-order valence-corrected chi connectivity index (χ3v) is 4.64. The average Bonchev–Trinajstić information content (AvgIpc) is 2.72. The zero-order valence-electron chi connectivity index (χ0n) is 9.42. The normalized spacial score (nSPS) is 11.4. The van der Waals surface area contributed by atoms with Crippen LogP contribution in [0.1, 0.15) is 5.56 Å². The highest BCUT2D eigenvalue weighted by Gasteiger charge is 2.06. The predicted octanol–water partition coefficient (Wildman–Crippen LogP) is 2.32. The van der Waals surface area contributed by atoms with Gasteiger partial charge in [-0.05, 0) is 33.6 Å². The van der Waals surface area contributed by atoms with Crippen LogP contribution in [0.5, 0.6) is 0 Å². The molecule has 0 spiro atoms. The van der Waals surface area contributed by atoms with Crippen LogP contribution >= 0.6 is 27.3 Å². The van der Waals surface area contributed by atoms with Crippen molar-refractivity contribution in [2.75, 3.05) is 11.6 Å². The second-order valence-electron chi connectivity index (χ2n) is 3.63. The van der Waals surface area contributed by atoms with Gasteiger partial charge in [-0.15, -0.1) is 10.2 Å². The number of hydrogen-bond acceptors (Lipinski definition) is 6. The molecule has 18 heavy (non-hydrogen) atoms. The topological polar surface area (TPSA) is 72.0 Å². The Morgan fingerprint density at radius 3 is 2.44 bits per heavy atom. The van der Waals surface area contributed by atoms with E-state index in [1.54, 1.807) is 24.3 Å². The highest BCUT2D eigenvalue weighted by Crippen LogP contribution is 2.20. The van der Waals surface area contributed by atoms with Gasteiger partial charge in [0.15, 0.2) is 13.8 Å². The summed E-state index contributed by atoms with van der Waals surface area (Å²) >= 11 is 4.63. The van der Waals surface area contributed by atoms with Gasteiger partial charge in [0.25, 0.3) is 0 Å². The van der Waals surface area contributed by atoms with Crippen molar-refractivity contribution in [3.63, 3.8) is 0 Å². The second-order valence-corrected chi connectivity index (χ2v) is 7.90. The summed E-state index contributed by atoms with van der Waals surface area (Å²) in [7, 11) is -3.13. The van der Waals surface area contributed by atoms with E-state index < -0.39 is 9.84 Å². The summed E-state index contributed by atoms with van der Waals surface area (Å²) in [6.07, 6.45) is 1.19. The van der Waals surface area contributed by atoms with Gasteiger partial charge >= 0.3 is 0 Å². The molecule has 1 heterocycles. The molecule has 2 rings (SSSR count). The van der Waals surface area contributed by atoms with Crippen molar-refractivity contribution < 1.29 is 8.42 Å². The van der Waals surface area contributed by atoms with Gasteiger partial charge in [0.05, 0.1) is 4.90 Å². The SMILES string of the molecule is CS(=O)(=O)c1ccc(CNc2nnc(Br)s2)cc1. The van der Waals surface area contributed by atoms with Crippen molar-refractivity contribution in [1.29, 1.82) is 0 Å². The number of nitrogens with zero attached hydrogens (tertiary/aromatic N) is 2. The van der Waals surface area contributed by atoms with Crippen LogP contribution in [0.4, 0.5) is 5.13 Å². The Labute approximate surface area is 117 Å². The Balaban J connectivity index is 2.03. The fourth-order valence-corrected chi connectivity index (χ4v) is 2.95. The van der Waals surface area contributed by atoms with Gasteiger partial charge in [-0.2, -0.15) is 0 Å². The molecule has 0 atom stereocenters. The van der Waals surface area contributed by atoms with Crippen LogP contribution < -0.4 is 5.32 Å². The number of aromatic nitrogens is 2. The van der Waals surface area contributed by atoms with Crippen molar-refractivity contribution in [2.24, 2.45) is 0 Å². The molecule has 0 saturated heterocycles. The fraction of sp³-hybridized carbons (Fsp3) is 0.200. The number of nitrogens with one attached hydrogen (secondary N) is 1. The zero-order chi connectivity index (χ0) is 13.2. The molecule has 1 N–H and O–H groups in total. The lowest BCUT2D eigenvalue weighted by atomic mass is 10.2. The molecule has 0 fully saturated rings. The molecular formula is C10H10BrN3O2S2. The Morgan fingerprint density at radius 1 is 1.28 bits per heavy atom. The third-order valence-electron chi connectivity index (χ3n) is 2.20. The number of anilines is 1. The Bertz CT molecular complexity index is 637. The van der Waals surface area contributed by atoms with Gasteiger partial charge in [0.1, 0.15) is 0 Å². The summed E-state index contributed by atoms with van der Waals surface area (Å²) in [5, 5.41) is 11.5. The summed E-state index contributed by atoms with van der Waals surface area (Å²) in [6, 6.07) is 6.75. The molecule has 8 heteroatoms. The fourth-order valence-electron chi connectivity index (χ4n) is 1.31. The molecule has 0 saturated carbocycles. The largest absolute Gasteiger partial charge is 0.356 e. The van der Waals surface area contributed by atoms with Gasteiger partial charge < -0.3 is 5.32 Å². The lowest BCUT2D eigenvalue weighted by Gasteiger charge is -2.03. The van der Waals surface area contributed by atoms with Gasteiger partial charge in [0.2, 0.25) is 5.13 Å². The molecule has 1 aromatic heterocycles. The van der Waals surface area contributed by atoms with E-state index in [4.69, 9.17) is 0 Å². The highest BCUT2D eigenvalue weighted by molar-refractivity contribution is 9.11. The van der Waals surface area contributed by atoms with E-state index in [2.05, 4.69) is 31.4 Å². The summed E-state index contributed by atoms with van der Waals surface area (Å²) in [5.41, 5.74) is 0.980. The number of rotatable bonds is 4. The molecule has 0 aliphatic heterocycles. The van der Waals surface area contributed by atoms with E-state index in [1.807, 2.05) is 0 Å². The lowest BCUT2D eigenvalue weighted by molar-refractivity contribution is 0.602. The molecule has 0 aliphatic carbocycles. The van der Waals surface area contributed by atoms with E-state index in [0.717, 1.165) is 9.48 Å². The van der Waals surface area contributed by atoms with Crippen molar-refractivity contribution in [3.05, 3.63) is 33.7 Å². The molecule has 0 unspecified atom stereocenters. The first kappa shape index (κ1) is 13.4. The third kappa shape index (κ3) is 3.50. The summed E-state index contributed by atoms with van der Waals surface area (Å²) in [6.45, 7) is 0.575. The highest BCUT2D eigenvalue weighted by atomic mass is 79.9. The minimum atomic E-state index is -3.13. The standard InChI is InChI=1S/C10H10BrN3O2S2/c1-18(15,16)8-4-2-7(3-5-8)6-12-10-14-13-9(11)17-10/h2-5H,6H2,1H3,(H,12,14). The molecule has 0 bridgehead atoms. The average molecular weight is 348 g/mol. The predicted molar refractivity (Wildman–Crippen MR) is 74.5 cm³/mol. The molecule has 0 radical (unpaired) electrons. The number of hydrogen-bond donors (Lipinski definition) is 1. The van der Waals surface area contributed by atoms with Crippen molar-refractivity contribution in [3.8, 4) is 0 Å². The minimum Gasteiger partial charge on any atom is -0.356 e. The van der Waals surface area contributed by atoms with E-state index in [-0.39, 0.29) is 0 Å². The summed E-state index contributed by atoms with van der Waals surface area (Å²) in [5.74, 6) is 0. The van der Waals surface area contributed by atoms with E-state index in [0.29, 0.717) is 16.6 Å². The number of sulfone groups is 1. The first-order valence-electron chi connectivity index (χ1n) is 4.97. The maximum Gasteiger partial charge on any atom is 0.206 e. The quantitative estimate of drug-likeness (QED) is 0.918. The molecule has 5 nitrogen and oxygen atoms in total. The molecule has 1 aromatic carbocycles. The first-order valence-corrected chi connectivity index (χ1v) is 8.47. The smallest absolute Gasteiger partial charge is 0.206 e. The molecule has 0 aliphatic rings. The van der Waals surface area contributed by atoms with Crippen LogP contribution in [0.25, 0.3) is 0 Å². The molecule has 0 amide bonds. The summed E-state index contributed by atoms with van der Waals surface area (Å²) in [4.78, 5) is 0.324. The van der Waals surface area contributed by atoms with E-state index >= 15 is 0 Å². The van der Waals surface area contributed by atoms with Gasteiger partial charge in [-0.1, -0.05) is 23.5 Å². The zero-order valence-corrected chi connectivity index (χ0v) is 12.6. The van der Waals surface area contributed by atoms with Crippen LogP contribution in [0.15, 0.2) is 33.1 Å². The van der Waals surface area contributed by atoms with Gasteiger partial charge in [-0.3, -0.25) is 0 Å². The maximum absolute atomic E-state index is 11.3. The van der Waals surface area contributed by atoms with Crippen LogP contribution in [-0.2, 0) is 16.4 Å². The Hall–Kier alpha value is -0.990. The van der Waals surface area contributed by atoms with E-state index in [9.17, 15) is 8.42 Å². The van der Waals surface area contributed by atoms with E-state index in [1.165, 1.54) is 17.6 Å². The van der Waals surface area contributed by atoms with Crippen LogP contribution in [0.3, 0.4) is 0 Å².